The first-order valence-corrected chi connectivity index (χ1v) is 11.1. The number of aromatic nitrogens is 1. The van der Waals surface area contributed by atoms with Crippen LogP contribution < -0.4 is 9.47 Å². The number of carbonyl (C=O) groups is 1. The van der Waals surface area contributed by atoms with Gasteiger partial charge in [-0.1, -0.05) is 52.4 Å². The van der Waals surface area contributed by atoms with Crippen LogP contribution in [0.4, 0.5) is 0 Å². The van der Waals surface area contributed by atoms with Gasteiger partial charge < -0.3 is 9.47 Å². The Balaban J connectivity index is 1.74. The van der Waals surface area contributed by atoms with Gasteiger partial charge in [0, 0.05) is 11.3 Å². The lowest BCUT2D eigenvalue weighted by atomic mass is 10.1. The molecule has 2 rings (SSSR count). The standard InChI is InChI=1S/C25H35NO3/c1-3-5-7-9-17-28-23-14-11-21(12-15-23)25(27)19-22-13-16-24(20-26-22)29-18-10-8-6-4-2/h11-16,20H,3-10,17-19H2,1-2H3. The summed E-state index contributed by atoms with van der Waals surface area (Å²) in [5, 5.41) is 0. The molecule has 0 aliphatic heterocycles. The van der Waals surface area contributed by atoms with Crippen molar-refractivity contribution in [2.45, 2.75) is 71.6 Å². The maximum absolute atomic E-state index is 12.5. The topological polar surface area (TPSA) is 48.4 Å². The number of hydrogen-bond acceptors (Lipinski definition) is 4. The average molecular weight is 398 g/mol. The average Bonchev–Trinajstić information content (AvgIpc) is 2.75. The van der Waals surface area contributed by atoms with Gasteiger partial charge in [0.15, 0.2) is 5.78 Å². The number of carbonyl (C=O) groups excluding carboxylic acids is 1. The van der Waals surface area contributed by atoms with E-state index in [0.29, 0.717) is 12.2 Å². The quantitative estimate of drug-likeness (QED) is 0.257. The van der Waals surface area contributed by atoms with Crippen molar-refractivity contribution >= 4 is 5.78 Å². The van der Waals surface area contributed by atoms with Crippen LogP contribution in [0.25, 0.3) is 0 Å². The second kappa shape index (κ2) is 13.8. The molecule has 0 aliphatic rings. The van der Waals surface area contributed by atoms with Crippen molar-refractivity contribution in [2.75, 3.05) is 13.2 Å². The Morgan fingerprint density at radius 1 is 0.759 bits per heavy atom. The zero-order chi connectivity index (χ0) is 20.7. The molecule has 1 heterocycles. The third-order valence-corrected chi connectivity index (χ3v) is 4.85. The summed E-state index contributed by atoms with van der Waals surface area (Å²) in [6.07, 6.45) is 11.4. The Hall–Kier alpha value is -2.36. The summed E-state index contributed by atoms with van der Waals surface area (Å²) >= 11 is 0. The van der Waals surface area contributed by atoms with E-state index in [1.165, 1.54) is 38.5 Å². The van der Waals surface area contributed by atoms with Gasteiger partial charge in [-0.25, -0.2) is 0 Å². The highest BCUT2D eigenvalue weighted by molar-refractivity contribution is 5.97. The molecule has 0 saturated carbocycles. The molecule has 0 aliphatic carbocycles. The van der Waals surface area contributed by atoms with Crippen molar-refractivity contribution in [1.29, 1.82) is 0 Å². The molecule has 4 nitrogen and oxygen atoms in total. The zero-order valence-corrected chi connectivity index (χ0v) is 18.0. The summed E-state index contributed by atoms with van der Waals surface area (Å²) in [4.78, 5) is 16.9. The smallest absolute Gasteiger partial charge is 0.168 e. The van der Waals surface area contributed by atoms with E-state index in [9.17, 15) is 4.79 Å². The second-order valence-corrected chi connectivity index (χ2v) is 7.43. The van der Waals surface area contributed by atoms with Gasteiger partial charge in [0.05, 0.1) is 25.8 Å². The number of unbranched alkanes of at least 4 members (excludes halogenated alkanes) is 6. The van der Waals surface area contributed by atoms with Crippen molar-refractivity contribution in [3.8, 4) is 11.5 Å². The van der Waals surface area contributed by atoms with E-state index in [4.69, 9.17) is 9.47 Å². The molecule has 0 radical (unpaired) electrons. The van der Waals surface area contributed by atoms with Crippen molar-refractivity contribution in [3.05, 3.63) is 53.9 Å². The highest BCUT2D eigenvalue weighted by Gasteiger charge is 2.09. The fraction of sp³-hybridized carbons (Fsp3) is 0.520. The molecule has 4 heteroatoms. The first-order valence-electron chi connectivity index (χ1n) is 11.1. The maximum atomic E-state index is 12.5. The van der Waals surface area contributed by atoms with Crippen LogP contribution in [-0.2, 0) is 6.42 Å². The van der Waals surface area contributed by atoms with E-state index in [1.54, 1.807) is 6.20 Å². The molecule has 0 unspecified atom stereocenters. The molecule has 2 aromatic rings. The van der Waals surface area contributed by atoms with E-state index in [1.807, 2.05) is 36.4 Å². The lowest BCUT2D eigenvalue weighted by Crippen LogP contribution is -2.06. The Morgan fingerprint density at radius 3 is 1.90 bits per heavy atom. The summed E-state index contributed by atoms with van der Waals surface area (Å²) in [7, 11) is 0. The van der Waals surface area contributed by atoms with Gasteiger partial charge in [-0.15, -0.1) is 0 Å². The molecule has 0 N–H and O–H groups in total. The van der Waals surface area contributed by atoms with Crippen LogP contribution in [0, 0.1) is 0 Å². The third-order valence-electron chi connectivity index (χ3n) is 4.85. The largest absolute Gasteiger partial charge is 0.494 e. The van der Waals surface area contributed by atoms with Gasteiger partial charge in [-0.05, 0) is 49.2 Å². The zero-order valence-electron chi connectivity index (χ0n) is 18.0. The molecule has 0 bridgehead atoms. The van der Waals surface area contributed by atoms with E-state index in [0.717, 1.165) is 36.6 Å². The summed E-state index contributed by atoms with van der Waals surface area (Å²) in [6.45, 7) is 5.84. The molecule has 0 atom stereocenters. The Kier molecular flexibility index (Phi) is 10.9. The van der Waals surface area contributed by atoms with E-state index < -0.39 is 0 Å². The maximum Gasteiger partial charge on any atom is 0.168 e. The number of nitrogens with zero attached hydrogens (tertiary/aromatic N) is 1. The normalized spacial score (nSPS) is 10.7. The van der Waals surface area contributed by atoms with Gasteiger partial charge in [0.1, 0.15) is 11.5 Å². The van der Waals surface area contributed by atoms with Crippen LogP contribution in [0.15, 0.2) is 42.6 Å². The Bertz CT molecular complexity index is 695. The minimum Gasteiger partial charge on any atom is -0.494 e. The van der Waals surface area contributed by atoms with Crippen LogP contribution in [0.3, 0.4) is 0 Å². The fourth-order valence-corrected chi connectivity index (χ4v) is 3.04. The summed E-state index contributed by atoms with van der Waals surface area (Å²) in [5.41, 5.74) is 1.44. The molecular formula is C25H35NO3. The van der Waals surface area contributed by atoms with Crippen LogP contribution in [-0.4, -0.2) is 24.0 Å². The van der Waals surface area contributed by atoms with Crippen LogP contribution in [0.1, 0.15) is 81.3 Å². The second-order valence-electron chi connectivity index (χ2n) is 7.43. The molecule has 0 amide bonds. The monoisotopic (exact) mass is 397 g/mol. The fourth-order valence-electron chi connectivity index (χ4n) is 3.04. The molecular weight excluding hydrogens is 362 g/mol. The van der Waals surface area contributed by atoms with Gasteiger partial charge in [0.25, 0.3) is 0 Å². The minimum atomic E-state index is 0.0558. The highest BCUT2D eigenvalue weighted by atomic mass is 16.5. The minimum absolute atomic E-state index is 0.0558. The van der Waals surface area contributed by atoms with E-state index in [-0.39, 0.29) is 12.2 Å². The first-order chi connectivity index (χ1) is 14.2. The lowest BCUT2D eigenvalue weighted by Gasteiger charge is -2.08. The van der Waals surface area contributed by atoms with Crippen LogP contribution >= 0.6 is 0 Å². The summed E-state index contributed by atoms with van der Waals surface area (Å²) in [6, 6.07) is 11.2. The lowest BCUT2D eigenvalue weighted by molar-refractivity contribution is 0.0992. The summed E-state index contributed by atoms with van der Waals surface area (Å²) < 4.78 is 11.4. The van der Waals surface area contributed by atoms with Gasteiger partial charge >= 0.3 is 0 Å². The molecule has 1 aromatic heterocycles. The summed E-state index contributed by atoms with van der Waals surface area (Å²) in [5.74, 6) is 1.63. The van der Waals surface area contributed by atoms with E-state index >= 15 is 0 Å². The molecule has 1 aromatic carbocycles. The predicted octanol–water partition coefficient (Wildman–Crippen LogP) is 6.43. The number of pyridine rings is 1. The number of benzene rings is 1. The number of rotatable bonds is 15. The molecule has 0 saturated heterocycles. The number of ketones is 1. The van der Waals surface area contributed by atoms with Gasteiger partial charge in [-0.3, -0.25) is 9.78 Å². The number of Topliss-reactive ketones (excluding diaryl/α,β-unsaturated/α-hetero) is 1. The molecule has 0 spiro atoms. The predicted molar refractivity (Wildman–Crippen MR) is 118 cm³/mol. The van der Waals surface area contributed by atoms with Crippen LogP contribution in [0.5, 0.6) is 11.5 Å². The number of ether oxygens (including phenoxy) is 2. The third kappa shape index (κ3) is 9.12. The van der Waals surface area contributed by atoms with Crippen LogP contribution in [0.2, 0.25) is 0 Å². The van der Waals surface area contributed by atoms with Crippen molar-refractivity contribution in [1.82, 2.24) is 4.98 Å². The Morgan fingerprint density at radius 2 is 1.34 bits per heavy atom. The SMILES string of the molecule is CCCCCCOc1ccc(C(=O)Cc2ccc(OCCCCCC)cn2)cc1. The van der Waals surface area contributed by atoms with Gasteiger partial charge in [-0.2, -0.15) is 0 Å². The van der Waals surface area contributed by atoms with E-state index in [2.05, 4.69) is 18.8 Å². The first kappa shape index (κ1) is 22.9. The molecule has 0 fully saturated rings. The van der Waals surface area contributed by atoms with Crippen molar-refractivity contribution < 1.29 is 14.3 Å². The Labute approximate surface area is 175 Å². The number of hydrogen-bond donors (Lipinski definition) is 0. The molecule has 29 heavy (non-hydrogen) atoms. The molecule has 158 valence electrons. The van der Waals surface area contributed by atoms with Gasteiger partial charge in [0.2, 0.25) is 0 Å². The van der Waals surface area contributed by atoms with Crippen molar-refractivity contribution in [3.63, 3.8) is 0 Å². The van der Waals surface area contributed by atoms with Crippen molar-refractivity contribution in [2.24, 2.45) is 0 Å². The highest BCUT2D eigenvalue weighted by Crippen LogP contribution is 2.16.